The molecule has 5 heterocycles. The van der Waals surface area contributed by atoms with E-state index in [1.807, 2.05) is 131 Å². The van der Waals surface area contributed by atoms with Gasteiger partial charge < -0.3 is 19.2 Å². The molecule has 1 amide bonds. The second-order valence-corrected chi connectivity index (χ2v) is 38.2. The second kappa shape index (κ2) is 42.5. The Hall–Kier alpha value is -11.7. The average Bonchev–Trinajstić information content (AvgIpc) is 1.61. The van der Waals surface area contributed by atoms with Crippen molar-refractivity contribution in [2.45, 2.75) is 223 Å². The van der Waals surface area contributed by atoms with Crippen LogP contribution in [-0.2, 0) is 21.4 Å². The molecule has 670 valence electrons. The number of anilines is 2. The predicted molar refractivity (Wildman–Crippen MR) is 521 cm³/mol. The molecule has 0 unspecified atom stereocenters. The minimum Gasteiger partial charge on any atom is -0.380 e. The number of aromatic nitrogens is 6. The van der Waals surface area contributed by atoms with Gasteiger partial charge in [-0.25, -0.2) is 44.6 Å². The van der Waals surface area contributed by atoms with Crippen LogP contribution in [-0.4, -0.2) is 63.8 Å². The molecule has 1 N–H and O–H groups in total. The van der Waals surface area contributed by atoms with Crippen LogP contribution in [0.25, 0.3) is 88.8 Å². The highest BCUT2D eigenvalue weighted by Gasteiger charge is 2.35. The number of hydrogen-bond donors (Lipinski definition) is 1. The number of halogens is 5. The zero-order valence-electron chi connectivity index (χ0n) is 78.5. The summed E-state index contributed by atoms with van der Waals surface area (Å²) in [6.45, 7) is 43.5. The van der Waals surface area contributed by atoms with Gasteiger partial charge in [-0.3, -0.25) is 14.8 Å². The number of rotatable bonds is 23. The fraction of sp³-hybridized carbons (Fsp3) is 0.336. The normalized spacial score (nSPS) is 12.2. The third-order valence-electron chi connectivity index (χ3n) is 23.0. The second-order valence-electron chi connectivity index (χ2n) is 36.2. The maximum absolute atomic E-state index is 13.8. The van der Waals surface area contributed by atoms with Crippen molar-refractivity contribution in [1.82, 2.24) is 29.1 Å². The molecule has 15 rings (SSSR count). The molecular weight excluding hydrogens is 1620 g/mol. The van der Waals surface area contributed by atoms with E-state index in [0.717, 1.165) is 106 Å². The monoisotopic (exact) mass is 1750 g/mol. The van der Waals surface area contributed by atoms with E-state index < -0.39 is 10.0 Å². The Morgan fingerprint density at radius 2 is 0.828 bits per heavy atom. The Morgan fingerprint density at radius 1 is 0.414 bits per heavy atom. The first-order chi connectivity index (χ1) is 60.8. The summed E-state index contributed by atoms with van der Waals surface area (Å²) in [6, 6.07) is 69.8. The highest BCUT2D eigenvalue weighted by molar-refractivity contribution is 7.92. The lowest BCUT2D eigenvalue weighted by Gasteiger charge is -2.26. The van der Waals surface area contributed by atoms with E-state index in [1.165, 1.54) is 106 Å². The first-order valence-corrected chi connectivity index (χ1v) is 46.6. The highest BCUT2D eigenvalue weighted by atomic mass is 32.2. The molecular formula is C110H125F5N8O4S. The Bertz CT molecular complexity index is 6240. The summed E-state index contributed by atoms with van der Waals surface area (Å²) >= 11 is 0. The maximum atomic E-state index is 13.8. The average molecular weight is 1750 g/mol. The summed E-state index contributed by atoms with van der Waals surface area (Å²) in [5.74, 6) is 1.40. The molecule has 1 saturated carbocycles. The Balaban J connectivity index is 0.000000156. The van der Waals surface area contributed by atoms with Gasteiger partial charge in [0.05, 0.1) is 41.0 Å². The van der Waals surface area contributed by atoms with Crippen LogP contribution in [0, 0.1) is 29.1 Å². The lowest BCUT2D eigenvalue weighted by Crippen LogP contribution is -2.28. The van der Waals surface area contributed by atoms with Crippen molar-refractivity contribution in [3.05, 3.63) is 322 Å². The number of hydrogen-bond acceptors (Lipinski definition) is 8. The molecule has 5 aromatic heterocycles. The number of methoxy groups -OCH3 is 1. The van der Waals surface area contributed by atoms with Gasteiger partial charge in [0.1, 0.15) is 29.1 Å². The van der Waals surface area contributed by atoms with Gasteiger partial charge in [0.2, 0.25) is 16.0 Å². The van der Waals surface area contributed by atoms with Crippen LogP contribution in [0.15, 0.2) is 231 Å². The van der Waals surface area contributed by atoms with Crippen LogP contribution in [0.1, 0.15) is 283 Å². The number of nitrogens with zero attached hydrogens (tertiary/aromatic N) is 7. The standard InChI is InChI=1S/C29H29FN2O.C22H30FNO.C21H20FN.C20H22FN.C18H24FN3O2S/c1-19(2)27-26(29(33)31-24-13-9-6-10-14-24)25(21-11-7-5-8-12-21)28(32(27)20(3)4)22-15-17-23(30)18-16-22;1-13(2)19-20(16-8-10-17(23)11-9-16)18(12-25-7)21(14(3)4)24-22(19)15(5)6;1-13(2)19-20(14-9-11-16(22)12-10-14)17-5-3-4-6-18(17)23-21(19)15-7-8-15;1-13(2)20-19(15-9-11-16(21)12-10-15)17-7-5-6-8-18(17)22(20)14(3)4;1-11(2)15-16(12(3)4)20-18(22(5)25(6,23)24)21-17(15)13-7-9-14(19)10-8-13/h5-20H,1-4H3,(H,31,33);8-11,13-15H,12H2,1-7H3;3-6,9-13,15H,7-8H2,1-2H3;5-14H,1-4H3;7-12H,1-6H3. The Labute approximate surface area is 755 Å². The van der Waals surface area contributed by atoms with Crippen LogP contribution < -0.4 is 9.62 Å². The molecule has 128 heavy (non-hydrogen) atoms. The number of fused-ring (bicyclic) bond motifs is 2. The van der Waals surface area contributed by atoms with Crippen LogP contribution in [0.2, 0.25) is 0 Å². The Morgan fingerprint density at radius 3 is 1.27 bits per heavy atom. The van der Waals surface area contributed by atoms with Gasteiger partial charge in [0.15, 0.2) is 0 Å². The highest BCUT2D eigenvalue weighted by Crippen LogP contribution is 2.50. The third kappa shape index (κ3) is 22.3. The van der Waals surface area contributed by atoms with Crippen LogP contribution in [0.4, 0.5) is 33.6 Å². The zero-order valence-corrected chi connectivity index (χ0v) is 79.3. The third-order valence-corrected chi connectivity index (χ3v) is 24.2. The summed E-state index contributed by atoms with van der Waals surface area (Å²) in [7, 11) is -0.348. The smallest absolute Gasteiger partial charge is 0.258 e. The van der Waals surface area contributed by atoms with E-state index in [-0.39, 0.29) is 64.7 Å². The van der Waals surface area contributed by atoms with Crippen molar-refractivity contribution in [3.8, 4) is 67.0 Å². The molecule has 0 atom stereocenters. The van der Waals surface area contributed by atoms with E-state index in [4.69, 9.17) is 14.7 Å². The topological polar surface area (TPSA) is 137 Å². The van der Waals surface area contributed by atoms with Gasteiger partial charge in [-0.15, -0.1) is 0 Å². The van der Waals surface area contributed by atoms with Crippen molar-refractivity contribution >= 4 is 49.4 Å². The van der Waals surface area contributed by atoms with Gasteiger partial charge in [-0.2, -0.15) is 0 Å². The van der Waals surface area contributed by atoms with E-state index in [0.29, 0.717) is 59.4 Å². The van der Waals surface area contributed by atoms with Crippen molar-refractivity contribution in [3.63, 3.8) is 0 Å². The van der Waals surface area contributed by atoms with Crippen LogP contribution in [0.3, 0.4) is 0 Å². The number of amides is 1. The van der Waals surface area contributed by atoms with Crippen molar-refractivity contribution in [1.29, 1.82) is 0 Å². The first-order valence-electron chi connectivity index (χ1n) is 44.8. The lowest BCUT2D eigenvalue weighted by molar-refractivity contribution is 0.102. The van der Waals surface area contributed by atoms with Gasteiger partial charge >= 0.3 is 0 Å². The van der Waals surface area contributed by atoms with Gasteiger partial charge in [0.25, 0.3) is 5.91 Å². The van der Waals surface area contributed by atoms with E-state index in [1.54, 1.807) is 55.6 Å². The lowest BCUT2D eigenvalue weighted by atomic mass is 9.83. The summed E-state index contributed by atoms with van der Waals surface area (Å²) in [5.41, 5.74) is 26.7. The number of pyridine rings is 2. The SMILES string of the molecule is CC(C)c1c(-c2ccc(F)cc2)c2ccccc2n1C(C)C.CC(C)c1c(C(=O)Nc2ccccc2)c(-c2ccccc2)c(-c2ccc(F)cc2)n1C(C)C.CC(C)c1c(C2CC2)nc2ccccc2c1-c1ccc(F)cc1.CC(C)c1nc(N(C)S(C)(=O)=O)nc(-c2ccc(F)cc2)c1C(C)C.COCc1c(C(C)C)nc(C(C)C)c(C(C)C)c1-c1ccc(F)cc1. The molecule has 1 fully saturated rings. The molecule has 12 nitrogen and oxygen atoms in total. The number of carbonyl (C=O) groups is 1. The zero-order chi connectivity index (χ0) is 93.0. The molecule has 0 saturated heterocycles. The predicted octanol–water partition coefficient (Wildman–Crippen LogP) is 30.4. The van der Waals surface area contributed by atoms with Crippen molar-refractivity contribution in [2.24, 2.45) is 0 Å². The molecule has 18 heteroatoms. The summed E-state index contributed by atoms with van der Waals surface area (Å²) in [6.07, 6.45) is 3.57. The minimum atomic E-state index is -3.49. The van der Waals surface area contributed by atoms with Crippen LogP contribution >= 0.6 is 0 Å². The number of benzene rings is 9. The number of carbonyl (C=O) groups excluding carboxylic acids is 1. The molecule has 14 aromatic rings. The summed E-state index contributed by atoms with van der Waals surface area (Å²) in [4.78, 5) is 32.9. The van der Waals surface area contributed by atoms with E-state index >= 15 is 0 Å². The molecule has 0 radical (unpaired) electrons. The summed E-state index contributed by atoms with van der Waals surface area (Å²) < 4.78 is 102. The molecule has 0 aliphatic heterocycles. The Kier molecular flexibility index (Phi) is 32.1. The van der Waals surface area contributed by atoms with E-state index in [9.17, 15) is 35.2 Å². The number of nitrogens with one attached hydrogen (secondary N) is 1. The molecule has 0 spiro atoms. The van der Waals surface area contributed by atoms with Crippen LogP contribution in [0.5, 0.6) is 0 Å². The quantitative estimate of drug-likeness (QED) is 0.0625. The maximum Gasteiger partial charge on any atom is 0.258 e. The molecule has 0 bridgehead atoms. The van der Waals surface area contributed by atoms with Crippen molar-refractivity contribution < 1.29 is 39.9 Å². The van der Waals surface area contributed by atoms with Gasteiger partial charge in [-0.05, 0) is 247 Å². The number of ether oxygens (including phenoxy) is 1. The fourth-order valence-corrected chi connectivity index (χ4v) is 17.6. The molecule has 1 aliphatic rings. The largest absolute Gasteiger partial charge is 0.380 e. The van der Waals surface area contributed by atoms with Gasteiger partial charge in [-0.1, -0.05) is 232 Å². The molecule has 1 aliphatic carbocycles. The fourth-order valence-electron chi connectivity index (χ4n) is 17.2. The minimum absolute atomic E-state index is 0.0892. The first kappa shape index (κ1) is 96.9. The number of para-hydroxylation sites is 3. The van der Waals surface area contributed by atoms with E-state index in [2.05, 4.69) is 178 Å². The van der Waals surface area contributed by atoms with Crippen molar-refractivity contribution in [2.75, 3.05) is 30.0 Å². The molecule has 9 aromatic carbocycles. The number of sulfonamides is 1. The summed E-state index contributed by atoms with van der Waals surface area (Å²) in [5, 5.41) is 5.49. The van der Waals surface area contributed by atoms with Gasteiger partial charge in [0, 0.05) is 110 Å².